The van der Waals surface area contributed by atoms with Crippen LogP contribution >= 0.6 is 0 Å². The molecule has 0 aliphatic rings. The molecule has 0 spiro atoms. The average Bonchev–Trinajstić information content (AvgIpc) is 2.73. The van der Waals surface area contributed by atoms with Crippen LogP contribution in [0.4, 0.5) is 0 Å². The van der Waals surface area contributed by atoms with Gasteiger partial charge in [-0.05, 0) is 0 Å². The highest BCUT2D eigenvalue weighted by Gasteiger charge is 2.11. The van der Waals surface area contributed by atoms with Gasteiger partial charge in [-0.3, -0.25) is 4.79 Å². The first kappa shape index (κ1) is 15.6. The zero-order valence-corrected chi connectivity index (χ0v) is 10.9. The highest BCUT2D eigenvalue weighted by Crippen LogP contribution is 2.02. The molecule has 17 heavy (non-hydrogen) atoms. The van der Waals surface area contributed by atoms with Gasteiger partial charge in [0.2, 0.25) is 0 Å². The first-order valence-corrected chi connectivity index (χ1v) is 5.75. The number of aromatic nitrogens is 2. The van der Waals surface area contributed by atoms with Crippen molar-refractivity contribution in [2.24, 2.45) is 7.05 Å². The molecule has 1 aromatic heterocycles. The molecule has 0 saturated carbocycles. The lowest BCUT2D eigenvalue weighted by Crippen LogP contribution is -2.23. The molecule has 0 bridgehead atoms. The van der Waals surface area contributed by atoms with Gasteiger partial charge in [-0.1, -0.05) is 13.8 Å². The summed E-state index contributed by atoms with van der Waals surface area (Å²) >= 11 is 0. The number of amides is 1. The summed E-state index contributed by atoms with van der Waals surface area (Å²) in [6.45, 7) is 5.21. The lowest BCUT2D eigenvalue weighted by atomic mass is 10.4. The molecule has 0 aliphatic heterocycles. The third-order valence-electron chi connectivity index (χ3n) is 2.11. The molecule has 1 heterocycles. The Morgan fingerprint density at radius 3 is 2.71 bits per heavy atom. The predicted molar refractivity (Wildman–Crippen MR) is 66.7 cm³/mol. The number of rotatable bonds is 5. The lowest BCUT2D eigenvalue weighted by Gasteiger charge is -2.05. The van der Waals surface area contributed by atoms with Gasteiger partial charge < -0.3 is 20.3 Å². The number of aliphatic hydroxyl groups excluding tert-OH is 1. The molecule has 1 aromatic rings. The number of nitrogens with zero attached hydrogens (tertiary/aromatic N) is 2. The van der Waals surface area contributed by atoms with Crippen LogP contribution in [-0.4, -0.2) is 40.8 Å². The molecule has 1 amide bonds. The molecule has 3 N–H and O–H groups in total. The van der Waals surface area contributed by atoms with Gasteiger partial charge in [0.25, 0.3) is 5.91 Å². The largest absolute Gasteiger partial charge is 0.395 e. The van der Waals surface area contributed by atoms with Crippen LogP contribution in [0.5, 0.6) is 0 Å². The minimum atomic E-state index is -0.203. The fourth-order valence-electron chi connectivity index (χ4n) is 1.23. The fourth-order valence-corrected chi connectivity index (χ4v) is 1.23. The summed E-state index contributed by atoms with van der Waals surface area (Å²) in [4.78, 5) is 15.3. The summed E-state index contributed by atoms with van der Waals surface area (Å²) in [5.41, 5.74) is 0.905. The van der Waals surface area contributed by atoms with Gasteiger partial charge in [0, 0.05) is 27.2 Å². The van der Waals surface area contributed by atoms with Crippen molar-refractivity contribution in [2.75, 3.05) is 20.2 Å². The molecular formula is C11H22N4O2. The van der Waals surface area contributed by atoms with Gasteiger partial charge in [-0.2, -0.15) is 0 Å². The van der Waals surface area contributed by atoms with E-state index in [1.165, 1.54) is 0 Å². The Hall–Kier alpha value is -1.40. The van der Waals surface area contributed by atoms with E-state index in [2.05, 4.69) is 15.6 Å². The Kier molecular flexibility index (Phi) is 8.00. The monoisotopic (exact) mass is 242 g/mol. The van der Waals surface area contributed by atoms with E-state index in [9.17, 15) is 4.79 Å². The van der Waals surface area contributed by atoms with Gasteiger partial charge in [-0.15, -0.1) is 0 Å². The normalized spacial score (nSPS) is 9.47. The van der Waals surface area contributed by atoms with E-state index < -0.39 is 0 Å². The van der Waals surface area contributed by atoms with Crippen LogP contribution in [0.15, 0.2) is 6.20 Å². The summed E-state index contributed by atoms with van der Waals surface area (Å²) in [6.07, 6.45) is 1.65. The molecule has 0 radical (unpaired) electrons. The Morgan fingerprint density at radius 2 is 2.18 bits per heavy atom. The highest BCUT2D eigenvalue weighted by molar-refractivity contribution is 5.90. The van der Waals surface area contributed by atoms with Gasteiger partial charge in [0.1, 0.15) is 0 Å². The molecule has 98 valence electrons. The van der Waals surface area contributed by atoms with E-state index in [1.807, 2.05) is 13.8 Å². The van der Waals surface area contributed by atoms with Gasteiger partial charge >= 0.3 is 0 Å². The summed E-state index contributed by atoms with van der Waals surface area (Å²) in [6, 6.07) is 0. The molecule has 0 unspecified atom stereocenters. The van der Waals surface area contributed by atoms with Crippen LogP contribution in [0.25, 0.3) is 0 Å². The zero-order chi connectivity index (χ0) is 13.3. The summed E-state index contributed by atoms with van der Waals surface area (Å²) in [5, 5.41) is 14.1. The number of aliphatic hydroxyl groups is 1. The molecule has 0 aliphatic carbocycles. The molecule has 0 saturated heterocycles. The van der Waals surface area contributed by atoms with E-state index in [4.69, 9.17) is 5.11 Å². The Labute approximate surface area is 102 Å². The second-order valence-electron chi connectivity index (χ2n) is 3.11. The molecule has 0 atom stereocenters. The van der Waals surface area contributed by atoms with E-state index in [0.29, 0.717) is 18.9 Å². The van der Waals surface area contributed by atoms with Crippen molar-refractivity contribution in [1.29, 1.82) is 0 Å². The van der Waals surface area contributed by atoms with Crippen molar-refractivity contribution >= 4 is 5.91 Å². The lowest BCUT2D eigenvalue weighted by molar-refractivity contribution is 0.0949. The summed E-state index contributed by atoms with van der Waals surface area (Å²) in [7, 11) is 3.36. The number of imidazole rings is 1. The number of carbonyl (C=O) groups excluding carboxylic acids is 1. The van der Waals surface area contributed by atoms with Crippen LogP contribution in [0.1, 0.15) is 30.2 Å². The zero-order valence-electron chi connectivity index (χ0n) is 10.9. The second kappa shape index (κ2) is 8.72. The van der Waals surface area contributed by atoms with E-state index >= 15 is 0 Å². The standard InChI is InChI=1S/C9H16N4O2.C2H6/c1-10-9(15)8-12-6-7(13(8)2)5-11-3-4-14;1-2/h6,11,14H,3-5H2,1-2H3,(H,10,15);1-2H3. The first-order chi connectivity index (χ1) is 8.20. The van der Waals surface area contributed by atoms with E-state index in [-0.39, 0.29) is 12.5 Å². The van der Waals surface area contributed by atoms with Gasteiger partial charge in [-0.25, -0.2) is 4.98 Å². The average molecular weight is 242 g/mol. The Bertz CT molecular complexity index is 336. The smallest absolute Gasteiger partial charge is 0.287 e. The maximum atomic E-state index is 11.3. The molecular weight excluding hydrogens is 220 g/mol. The topological polar surface area (TPSA) is 79.2 Å². The minimum Gasteiger partial charge on any atom is -0.395 e. The van der Waals surface area contributed by atoms with Crippen LogP contribution < -0.4 is 10.6 Å². The predicted octanol–water partition coefficient (Wildman–Crippen LogP) is -0.112. The minimum absolute atomic E-state index is 0.0974. The number of carbonyl (C=O) groups is 1. The maximum absolute atomic E-state index is 11.3. The third kappa shape index (κ3) is 4.54. The van der Waals surface area contributed by atoms with Crippen molar-refractivity contribution in [3.63, 3.8) is 0 Å². The fraction of sp³-hybridized carbons (Fsp3) is 0.636. The van der Waals surface area contributed by atoms with Crippen molar-refractivity contribution in [1.82, 2.24) is 20.2 Å². The molecule has 6 heteroatoms. The number of hydrogen-bond donors (Lipinski definition) is 3. The van der Waals surface area contributed by atoms with Crippen LogP contribution in [-0.2, 0) is 13.6 Å². The quantitative estimate of drug-likeness (QED) is 0.629. The Balaban J connectivity index is 0.00000121. The van der Waals surface area contributed by atoms with E-state index in [0.717, 1.165) is 5.69 Å². The number of hydrogen-bond acceptors (Lipinski definition) is 4. The molecule has 0 aromatic carbocycles. The highest BCUT2D eigenvalue weighted by atomic mass is 16.3. The summed E-state index contributed by atoms with van der Waals surface area (Å²) in [5.74, 6) is 0.184. The number of nitrogens with one attached hydrogen (secondary N) is 2. The third-order valence-corrected chi connectivity index (χ3v) is 2.11. The second-order valence-corrected chi connectivity index (χ2v) is 3.11. The first-order valence-electron chi connectivity index (χ1n) is 5.75. The van der Waals surface area contributed by atoms with Gasteiger partial charge in [0.15, 0.2) is 5.82 Å². The van der Waals surface area contributed by atoms with Crippen LogP contribution in [0.2, 0.25) is 0 Å². The maximum Gasteiger partial charge on any atom is 0.287 e. The van der Waals surface area contributed by atoms with Gasteiger partial charge in [0.05, 0.1) is 18.5 Å². The van der Waals surface area contributed by atoms with Crippen LogP contribution in [0.3, 0.4) is 0 Å². The van der Waals surface area contributed by atoms with Crippen molar-refractivity contribution < 1.29 is 9.90 Å². The van der Waals surface area contributed by atoms with E-state index in [1.54, 1.807) is 24.9 Å². The molecule has 6 nitrogen and oxygen atoms in total. The summed E-state index contributed by atoms with van der Waals surface area (Å²) < 4.78 is 1.73. The Morgan fingerprint density at radius 1 is 1.53 bits per heavy atom. The van der Waals surface area contributed by atoms with Crippen molar-refractivity contribution in [2.45, 2.75) is 20.4 Å². The molecule has 1 rings (SSSR count). The van der Waals surface area contributed by atoms with Crippen molar-refractivity contribution in [3.8, 4) is 0 Å². The SMILES string of the molecule is CC.CNC(=O)c1ncc(CNCCO)n1C. The van der Waals surface area contributed by atoms with Crippen LogP contribution in [0, 0.1) is 0 Å². The molecule has 0 fully saturated rings. The van der Waals surface area contributed by atoms with Crippen molar-refractivity contribution in [3.05, 3.63) is 17.7 Å².